The first-order valence-electron chi connectivity index (χ1n) is 7.94. The Kier molecular flexibility index (Phi) is 4.07. The Bertz CT molecular complexity index is 749. The van der Waals surface area contributed by atoms with Gasteiger partial charge in [0.05, 0.1) is 18.5 Å². The van der Waals surface area contributed by atoms with Gasteiger partial charge in [0, 0.05) is 24.4 Å². The second-order valence-corrected chi connectivity index (χ2v) is 6.92. The standard InChI is InChI=1S/C16H17N3O4S/c20-14(11-3-1-7-22-11)18-16-17-10-5-6-19(9-13(10)24-16)15(21)12-4-2-8-23-12/h2,4,8,11H,1,3,5-7,9H2,(H,17,18,20). The van der Waals surface area contributed by atoms with Gasteiger partial charge in [0.2, 0.25) is 0 Å². The molecule has 4 rings (SSSR count). The first-order chi connectivity index (χ1) is 11.7. The molecule has 1 saturated heterocycles. The molecule has 0 spiro atoms. The largest absolute Gasteiger partial charge is 0.459 e. The van der Waals surface area contributed by atoms with E-state index in [0.717, 1.165) is 23.4 Å². The summed E-state index contributed by atoms with van der Waals surface area (Å²) >= 11 is 1.42. The highest BCUT2D eigenvalue weighted by atomic mass is 32.1. The minimum absolute atomic E-state index is 0.121. The summed E-state index contributed by atoms with van der Waals surface area (Å²) < 4.78 is 10.6. The summed E-state index contributed by atoms with van der Waals surface area (Å²) in [6.07, 6.45) is 3.46. The van der Waals surface area contributed by atoms with Crippen LogP contribution in [-0.4, -0.2) is 41.0 Å². The summed E-state index contributed by atoms with van der Waals surface area (Å²) in [4.78, 5) is 31.7. The average molecular weight is 347 g/mol. The first kappa shape index (κ1) is 15.3. The van der Waals surface area contributed by atoms with Crippen LogP contribution in [0.5, 0.6) is 0 Å². The van der Waals surface area contributed by atoms with Crippen molar-refractivity contribution in [1.29, 1.82) is 0 Å². The van der Waals surface area contributed by atoms with Crippen LogP contribution in [0.3, 0.4) is 0 Å². The fourth-order valence-electron chi connectivity index (χ4n) is 2.95. The fourth-order valence-corrected chi connectivity index (χ4v) is 3.98. The number of hydrogen-bond acceptors (Lipinski definition) is 6. The second kappa shape index (κ2) is 6.37. The number of hydrogen-bond donors (Lipinski definition) is 1. The predicted octanol–water partition coefficient (Wildman–Crippen LogP) is 2.05. The molecule has 0 saturated carbocycles. The molecule has 0 aliphatic carbocycles. The van der Waals surface area contributed by atoms with E-state index in [-0.39, 0.29) is 17.9 Å². The molecule has 8 heteroatoms. The topological polar surface area (TPSA) is 84.7 Å². The van der Waals surface area contributed by atoms with Crippen LogP contribution in [0, 0.1) is 0 Å². The Morgan fingerprint density at radius 1 is 1.42 bits per heavy atom. The summed E-state index contributed by atoms with van der Waals surface area (Å²) in [7, 11) is 0. The molecule has 0 radical (unpaired) electrons. The molecule has 2 amide bonds. The van der Waals surface area contributed by atoms with Crippen molar-refractivity contribution in [2.75, 3.05) is 18.5 Å². The van der Waals surface area contributed by atoms with Gasteiger partial charge in [-0.05, 0) is 25.0 Å². The molecular weight excluding hydrogens is 330 g/mol. The Morgan fingerprint density at radius 3 is 3.08 bits per heavy atom. The normalized spacial score (nSPS) is 20.0. The Balaban J connectivity index is 1.44. The minimum Gasteiger partial charge on any atom is -0.459 e. The summed E-state index contributed by atoms with van der Waals surface area (Å²) in [5.41, 5.74) is 0.950. The molecule has 2 aliphatic heterocycles. The number of furan rings is 1. The highest BCUT2D eigenvalue weighted by Gasteiger charge is 2.28. The maximum absolute atomic E-state index is 12.4. The Labute approximate surface area is 142 Å². The smallest absolute Gasteiger partial charge is 0.289 e. The van der Waals surface area contributed by atoms with Gasteiger partial charge in [-0.15, -0.1) is 0 Å². The van der Waals surface area contributed by atoms with Crippen molar-refractivity contribution in [2.24, 2.45) is 0 Å². The Hall–Kier alpha value is -2.19. The number of nitrogens with zero attached hydrogens (tertiary/aromatic N) is 2. The Morgan fingerprint density at radius 2 is 2.33 bits per heavy atom. The van der Waals surface area contributed by atoms with Gasteiger partial charge in [0.15, 0.2) is 10.9 Å². The van der Waals surface area contributed by atoms with E-state index in [1.54, 1.807) is 17.0 Å². The van der Waals surface area contributed by atoms with Crippen LogP contribution in [0.1, 0.15) is 34.0 Å². The number of rotatable bonds is 3. The van der Waals surface area contributed by atoms with E-state index in [1.165, 1.54) is 17.6 Å². The zero-order chi connectivity index (χ0) is 16.5. The molecule has 2 aromatic heterocycles. The van der Waals surface area contributed by atoms with Crippen LogP contribution in [0.2, 0.25) is 0 Å². The van der Waals surface area contributed by atoms with Crippen molar-refractivity contribution in [3.8, 4) is 0 Å². The number of carbonyl (C=O) groups is 2. The molecule has 24 heavy (non-hydrogen) atoms. The van der Waals surface area contributed by atoms with Gasteiger partial charge in [-0.3, -0.25) is 14.9 Å². The van der Waals surface area contributed by atoms with Gasteiger partial charge in [0.1, 0.15) is 6.10 Å². The van der Waals surface area contributed by atoms with Gasteiger partial charge in [0.25, 0.3) is 11.8 Å². The van der Waals surface area contributed by atoms with Crippen molar-refractivity contribution in [3.63, 3.8) is 0 Å². The van der Waals surface area contributed by atoms with E-state index in [0.29, 0.717) is 37.0 Å². The number of thiazole rings is 1. The molecule has 126 valence electrons. The van der Waals surface area contributed by atoms with Gasteiger partial charge in [-0.2, -0.15) is 0 Å². The SMILES string of the molecule is O=C(Nc1nc2c(s1)CN(C(=O)c1ccco1)CC2)C1CCCO1. The lowest BCUT2D eigenvalue weighted by Crippen LogP contribution is -2.35. The third-order valence-corrected chi connectivity index (χ3v) is 5.20. The molecule has 4 heterocycles. The third-order valence-electron chi connectivity index (χ3n) is 4.20. The fraction of sp³-hybridized carbons (Fsp3) is 0.438. The quantitative estimate of drug-likeness (QED) is 0.918. The van der Waals surface area contributed by atoms with Gasteiger partial charge >= 0.3 is 0 Å². The van der Waals surface area contributed by atoms with E-state index in [2.05, 4.69) is 10.3 Å². The number of fused-ring (bicyclic) bond motifs is 1. The highest BCUT2D eigenvalue weighted by Crippen LogP contribution is 2.29. The summed E-state index contributed by atoms with van der Waals surface area (Å²) in [5, 5.41) is 3.41. The van der Waals surface area contributed by atoms with Crippen LogP contribution < -0.4 is 5.32 Å². The number of nitrogens with one attached hydrogen (secondary N) is 1. The van der Waals surface area contributed by atoms with Gasteiger partial charge in [-0.25, -0.2) is 4.98 Å². The van der Waals surface area contributed by atoms with Crippen LogP contribution in [0.4, 0.5) is 5.13 Å². The molecule has 1 N–H and O–H groups in total. The zero-order valence-corrected chi connectivity index (χ0v) is 13.8. The van der Waals surface area contributed by atoms with Crippen molar-refractivity contribution in [1.82, 2.24) is 9.88 Å². The first-order valence-corrected chi connectivity index (χ1v) is 8.76. The lowest BCUT2D eigenvalue weighted by molar-refractivity contribution is -0.124. The molecule has 0 aromatic carbocycles. The molecule has 1 atom stereocenters. The number of carbonyl (C=O) groups excluding carboxylic acids is 2. The van der Waals surface area contributed by atoms with Crippen LogP contribution in [-0.2, 0) is 22.5 Å². The summed E-state index contributed by atoms with van der Waals surface area (Å²) in [6, 6.07) is 3.37. The molecule has 2 aliphatic rings. The molecule has 0 bridgehead atoms. The number of amides is 2. The van der Waals surface area contributed by atoms with Gasteiger partial charge in [-0.1, -0.05) is 11.3 Å². The maximum Gasteiger partial charge on any atom is 0.289 e. The third kappa shape index (κ3) is 2.94. The van der Waals surface area contributed by atoms with E-state index < -0.39 is 0 Å². The van der Waals surface area contributed by atoms with Crippen molar-refractivity contribution < 1.29 is 18.7 Å². The van der Waals surface area contributed by atoms with E-state index in [4.69, 9.17) is 9.15 Å². The van der Waals surface area contributed by atoms with E-state index in [1.807, 2.05) is 0 Å². The number of aromatic nitrogens is 1. The van der Waals surface area contributed by atoms with Gasteiger partial charge < -0.3 is 14.1 Å². The zero-order valence-electron chi connectivity index (χ0n) is 13.0. The summed E-state index contributed by atoms with van der Waals surface area (Å²) in [5.74, 6) is 0.0842. The van der Waals surface area contributed by atoms with Crippen molar-refractivity contribution >= 4 is 28.3 Å². The highest BCUT2D eigenvalue weighted by molar-refractivity contribution is 7.15. The molecule has 2 aromatic rings. The molecular formula is C16H17N3O4S. The predicted molar refractivity (Wildman–Crippen MR) is 86.9 cm³/mol. The minimum atomic E-state index is -0.372. The van der Waals surface area contributed by atoms with Crippen LogP contribution in [0.25, 0.3) is 0 Å². The lowest BCUT2D eigenvalue weighted by atomic mass is 10.1. The monoisotopic (exact) mass is 347 g/mol. The lowest BCUT2D eigenvalue weighted by Gasteiger charge is -2.25. The number of anilines is 1. The molecule has 1 fully saturated rings. The molecule has 1 unspecified atom stereocenters. The van der Waals surface area contributed by atoms with E-state index >= 15 is 0 Å². The maximum atomic E-state index is 12.4. The second-order valence-electron chi connectivity index (χ2n) is 5.83. The average Bonchev–Trinajstić information content (AvgIpc) is 3.32. The van der Waals surface area contributed by atoms with E-state index in [9.17, 15) is 9.59 Å². The number of ether oxygens (including phenoxy) is 1. The van der Waals surface area contributed by atoms with Crippen LogP contribution >= 0.6 is 11.3 Å². The summed E-state index contributed by atoms with van der Waals surface area (Å²) in [6.45, 7) is 1.72. The van der Waals surface area contributed by atoms with Crippen molar-refractivity contribution in [3.05, 3.63) is 34.7 Å². The van der Waals surface area contributed by atoms with Crippen molar-refractivity contribution in [2.45, 2.75) is 31.9 Å². The molecule has 7 nitrogen and oxygen atoms in total. The van der Waals surface area contributed by atoms with Crippen LogP contribution in [0.15, 0.2) is 22.8 Å².